The second-order valence-electron chi connectivity index (χ2n) is 8.97. The fourth-order valence-corrected chi connectivity index (χ4v) is 4.69. The molecule has 0 aliphatic carbocycles. The fraction of sp³-hybridized carbons (Fsp3) is 0.542. The van der Waals surface area contributed by atoms with Crippen LogP contribution < -0.4 is 9.80 Å². The van der Waals surface area contributed by atoms with E-state index in [0.29, 0.717) is 19.7 Å². The van der Waals surface area contributed by atoms with Crippen molar-refractivity contribution in [1.29, 1.82) is 0 Å². The third-order valence-corrected chi connectivity index (χ3v) is 6.68. The maximum Gasteiger partial charge on any atom is 0.410 e. The predicted octanol–water partition coefficient (Wildman–Crippen LogP) is 2.52. The number of fused-ring (bicyclic) bond motifs is 1. The van der Waals surface area contributed by atoms with Gasteiger partial charge in [0.15, 0.2) is 0 Å². The van der Waals surface area contributed by atoms with E-state index >= 15 is 0 Å². The van der Waals surface area contributed by atoms with Crippen molar-refractivity contribution < 1.29 is 9.53 Å². The van der Waals surface area contributed by atoms with Crippen molar-refractivity contribution in [3.05, 3.63) is 47.2 Å². The number of ether oxygens (including phenoxy) is 1. The van der Waals surface area contributed by atoms with Crippen LogP contribution in [0.15, 0.2) is 30.3 Å². The number of hydrogen-bond donors (Lipinski definition) is 0. The van der Waals surface area contributed by atoms with Crippen LogP contribution in [0, 0.1) is 0 Å². The average molecular weight is 437 g/mol. The zero-order valence-corrected chi connectivity index (χ0v) is 18.9. The normalized spacial score (nSPS) is 19.2. The highest BCUT2D eigenvalue weighted by molar-refractivity contribution is 5.69. The van der Waals surface area contributed by atoms with Crippen molar-refractivity contribution in [2.75, 3.05) is 62.7 Å². The number of amides is 1. The van der Waals surface area contributed by atoms with Gasteiger partial charge in [-0.05, 0) is 25.5 Å². The number of carbonyl (C=O) groups excluding carboxylic acids is 1. The highest BCUT2D eigenvalue weighted by atomic mass is 16.6. The minimum absolute atomic E-state index is 0.271. The lowest BCUT2D eigenvalue weighted by atomic mass is 10.1. The first-order valence-corrected chi connectivity index (χ1v) is 11.7. The Morgan fingerprint density at radius 1 is 0.938 bits per heavy atom. The molecule has 0 bridgehead atoms. The molecule has 8 heteroatoms. The minimum atomic E-state index is -0.271. The number of aromatic nitrogens is 2. The monoisotopic (exact) mass is 436 g/mol. The number of piperazine rings is 1. The maximum atomic E-state index is 12.8. The van der Waals surface area contributed by atoms with Crippen molar-refractivity contribution in [3.63, 3.8) is 0 Å². The summed E-state index contributed by atoms with van der Waals surface area (Å²) in [7, 11) is 2.16. The van der Waals surface area contributed by atoms with Crippen LogP contribution in [-0.4, -0.2) is 78.7 Å². The number of carbonyl (C=O) groups is 1. The Morgan fingerprint density at radius 3 is 2.44 bits per heavy atom. The number of rotatable bonds is 4. The molecular weight excluding hydrogens is 404 g/mol. The molecule has 2 aromatic rings. The van der Waals surface area contributed by atoms with E-state index in [4.69, 9.17) is 14.7 Å². The summed E-state index contributed by atoms with van der Waals surface area (Å²) in [6.45, 7) is 7.39. The first-order chi connectivity index (χ1) is 15.7. The molecule has 1 amide bonds. The van der Waals surface area contributed by atoms with E-state index in [1.807, 2.05) is 30.3 Å². The molecule has 0 saturated carbocycles. The van der Waals surface area contributed by atoms with Crippen LogP contribution in [0.25, 0.3) is 0 Å². The molecule has 0 N–H and O–H groups in total. The molecule has 0 atom stereocenters. The highest BCUT2D eigenvalue weighted by Crippen LogP contribution is 2.31. The van der Waals surface area contributed by atoms with E-state index in [-0.39, 0.29) is 6.09 Å². The van der Waals surface area contributed by atoms with Gasteiger partial charge < -0.3 is 24.3 Å². The van der Waals surface area contributed by atoms with E-state index in [2.05, 4.69) is 21.7 Å². The first-order valence-electron chi connectivity index (χ1n) is 11.7. The van der Waals surface area contributed by atoms with Crippen LogP contribution in [0.2, 0.25) is 0 Å². The number of likely N-dealkylation sites (N-methyl/N-ethyl adjacent to an activating group) is 1. The van der Waals surface area contributed by atoms with E-state index in [1.165, 1.54) is 12.8 Å². The maximum absolute atomic E-state index is 12.8. The Balaban J connectivity index is 1.36. The molecule has 3 aliphatic rings. The van der Waals surface area contributed by atoms with Crippen LogP contribution in [0.5, 0.6) is 0 Å². The third-order valence-electron chi connectivity index (χ3n) is 6.68. The summed E-state index contributed by atoms with van der Waals surface area (Å²) in [5.41, 5.74) is 3.17. The lowest BCUT2D eigenvalue weighted by Crippen LogP contribution is -2.46. The summed E-state index contributed by atoms with van der Waals surface area (Å²) in [6.07, 6.45) is 2.86. The minimum Gasteiger partial charge on any atom is -0.445 e. The van der Waals surface area contributed by atoms with Crippen LogP contribution in [0.1, 0.15) is 29.7 Å². The Kier molecular flexibility index (Phi) is 6.12. The molecule has 8 nitrogen and oxygen atoms in total. The number of anilines is 2. The molecule has 32 heavy (non-hydrogen) atoms. The Morgan fingerprint density at radius 2 is 1.69 bits per heavy atom. The molecule has 5 rings (SSSR count). The van der Waals surface area contributed by atoms with Gasteiger partial charge in [-0.25, -0.2) is 9.78 Å². The molecule has 2 saturated heterocycles. The molecule has 0 radical (unpaired) electrons. The lowest BCUT2D eigenvalue weighted by molar-refractivity contribution is 0.0916. The number of benzene rings is 1. The SMILES string of the molecule is CN1CCN(c2nc(N3CCCC3)nc3c2CN(C(=O)OCc2ccccc2)CC3)CC1. The third kappa shape index (κ3) is 4.50. The quantitative estimate of drug-likeness (QED) is 0.730. The molecular formula is C24H32N6O2. The van der Waals surface area contributed by atoms with E-state index in [1.54, 1.807) is 4.90 Å². The van der Waals surface area contributed by atoms with E-state index in [9.17, 15) is 4.79 Å². The molecule has 0 unspecified atom stereocenters. The molecule has 4 heterocycles. The van der Waals surface area contributed by atoms with Gasteiger partial charge in [0, 0.05) is 57.8 Å². The Hall–Kier alpha value is -2.87. The fourth-order valence-electron chi connectivity index (χ4n) is 4.69. The summed E-state index contributed by atoms with van der Waals surface area (Å²) in [5.74, 6) is 1.86. The second kappa shape index (κ2) is 9.32. The largest absolute Gasteiger partial charge is 0.445 e. The van der Waals surface area contributed by atoms with Gasteiger partial charge >= 0.3 is 6.09 Å². The van der Waals surface area contributed by atoms with Crippen molar-refractivity contribution in [2.45, 2.75) is 32.4 Å². The van der Waals surface area contributed by atoms with Crippen LogP contribution in [0.3, 0.4) is 0 Å². The van der Waals surface area contributed by atoms with E-state index in [0.717, 1.165) is 74.3 Å². The molecule has 3 aliphatic heterocycles. The molecule has 1 aromatic heterocycles. The molecule has 170 valence electrons. The van der Waals surface area contributed by atoms with Gasteiger partial charge in [0.05, 0.1) is 12.2 Å². The van der Waals surface area contributed by atoms with Crippen molar-refractivity contribution in [2.24, 2.45) is 0 Å². The average Bonchev–Trinajstić information content (AvgIpc) is 3.38. The van der Waals surface area contributed by atoms with Crippen LogP contribution in [-0.2, 0) is 24.3 Å². The van der Waals surface area contributed by atoms with Crippen LogP contribution >= 0.6 is 0 Å². The summed E-state index contributed by atoms with van der Waals surface area (Å²) < 4.78 is 5.60. The lowest BCUT2D eigenvalue weighted by Gasteiger charge is -2.37. The summed E-state index contributed by atoms with van der Waals surface area (Å²) in [5, 5.41) is 0. The summed E-state index contributed by atoms with van der Waals surface area (Å²) in [6, 6.07) is 9.81. The summed E-state index contributed by atoms with van der Waals surface area (Å²) in [4.78, 5) is 31.6. The second-order valence-corrected chi connectivity index (χ2v) is 8.97. The Labute approximate surface area is 189 Å². The molecule has 2 fully saturated rings. The van der Waals surface area contributed by atoms with Crippen molar-refractivity contribution >= 4 is 17.9 Å². The smallest absolute Gasteiger partial charge is 0.410 e. The van der Waals surface area contributed by atoms with Gasteiger partial charge in [-0.3, -0.25) is 0 Å². The van der Waals surface area contributed by atoms with Gasteiger partial charge in [-0.1, -0.05) is 30.3 Å². The van der Waals surface area contributed by atoms with Gasteiger partial charge in [-0.15, -0.1) is 0 Å². The number of nitrogens with zero attached hydrogens (tertiary/aromatic N) is 6. The zero-order chi connectivity index (χ0) is 21.9. The standard InChI is InChI=1S/C24H32N6O2/c1-27-13-15-28(16-14-27)22-20-17-30(24(31)32-18-19-7-3-2-4-8-19)12-9-21(20)25-23(26-22)29-10-5-6-11-29/h2-4,7-8H,5-6,9-18H2,1H3. The Bertz CT molecular complexity index is 939. The zero-order valence-electron chi connectivity index (χ0n) is 18.9. The van der Waals surface area contributed by atoms with Gasteiger partial charge in [0.2, 0.25) is 5.95 Å². The molecule has 1 aromatic carbocycles. The van der Waals surface area contributed by atoms with Gasteiger partial charge in [0.1, 0.15) is 12.4 Å². The van der Waals surface area contributed by atoms with Crippen molar-refractivity contribution in [3.8, 4) is 0 Å². The topological polar surface area (TPSA) is 65.0 Å². The van der Waals surface area contributed by atoms with Crippen LogP contribution in [0.4, 0.5) is 16.6 Å². The first kappa shape index (κ1) is 21.0. The highest BCUT2D eigenvalue weighted by Gasteiger charge is 2.30. The van der Waals surface area contributed by atoms with E-state index < -0.39 is 0 Å². The van der Waals surface area contributed by atoms with Gasteiger partial charge in [0.25, 0.3) is 0 Å². The summed E-state index contributed by atoms with van der Waals surface area (Å²) >= 11 is 0. The van der Waals surface area contributed by atoms with Gasteiger partial charge in [-0.2, -0.15) is 4.98 Å². The van der Waals surface area contributed by atoms with Crippen molar-refractivity contribution in [1.82, 2.24) is 19.8 Å². The predicted molar refractivity (Wildman–Crippen MR) is 124 cm³/mol. The number of hydrogen-bond acceptors (Lipinski definition) is 7. The molecule has 0 spiro atoms.